The molecule has 0 saturated heterocycles. The van der Waals surface area contributed by atoms with E-state index < -0.39 is 0 Å². The van der Waals surface area contributed by atoms with E-state index in [4.69, 9.17) is 5.73 Å². The molecular formula is C5H6N2OS2. The third-order valence-corrected chi connectivity index (χ3v) is 2.34. The van der Waals surface area contributed by atoms with Crippen LogP contribution in [0.4, 0.5) is 10.7 Å². The lowest BCUT2D eigenvalue weighted by Crippen LogP contribution is -2.05. The molecule has 5 heteroatoms. The number of thiophene rings is 1. The molecule has 0 bridgehead atoms. The largest absolute Gasteiger partial charge is 0.396 e. The molecule has 0 aliphatic heterocycles. The minimum atomic E-state index is 0.576. The number of nitrogen functional groups attached to an aromatic ring is 1. The molecule has 0 saturated carbocycles. The average molecular weight is 174 g/mol. The summed E-state index contributed by atoms with van der Waals surface area (Å²) in [4.78, 5) is 10.2. The van der Waals surface area contributed by atoms with E-state index in [1.807, 2.05) is 0 Å². The second-order valence-electron chi connectivity index (χ2n) is 1.63. The van der Waals surface area contributed by atoms with Crippen LogP contribution in [-0.2, 0) is 4.79 Å². The second-order valence-corrected chi connectivity index (χ2v) is 2.96. The van der Waals surface area contributed by atoms with E-state index in [2.05, 4.69) is 12.8 Å². The maximum atomic E-state index is 10.2. The lowest BCUT2D eigenvalue weighted by atomic mass is 10.5. The van der Waals surface area contributed by atoms with E-state index >= 15 is 0 Å². The summed E-state index contributed by atoms with van der Waals surface area (Å²) in [6, 6.07) is 1.73. The molecule has 1 aromatic heterocycles. The predicted molar refractivity (Wildman–Crippen MR) is 46.3 cm³/mol. The van der Waals surface area contributed by atoms with Crippen molar-refractivity contribution in [2.24, 2.45) is 0 Å². The standard InChI is InChI=1S/C5H6N2OS2/c6-4-1-2-10-5(4)7(9)3-8/h1-3,9H,6H2. The monoisotopic (exact) mass is 174 g/mol. The van der Waals surface area contributed by atoms with Gasteiger partial charge in [-0.2, -0.15) is 0 Å². The van der Waals surface area contributed by atoms with Crippen molar-refractivity contribution in [3.8, 4) is 0 Å². The molecule has 1 aromatic rings. The first-order valence-electron chi connectivity index (χ1n) is 2.52. The number of carbonyl (C=O) groups excluding carboxylic acids is 1. The van der Waals surface area contributed by atoms with Gasteiger partial charge in [-0.15, -0.1) is 11.3 Å². The molecular weight excluding hydrogens is 168 g/mol. The zero-order chi connectivity index (χ0) is 7.56. The molecule has 0 atom stereocenters. The lowest BCUT2D eigenvalue weighted by Gasteiger charge is -2.05. The quantitative estimate of drug-likeness (QED) is 0.521. The molecule has 1 heterocycles. The minimum absolute atomic E-state index is 0.576. The van der Waals surface area contributed by atoms with Gasteiger partial charge in [-0.1, -0.05) is 12.8 Å². The first-order valence-corrected chi connectivity index (χ1v) is 3.80. The fourth-order valence-electron chi connectivity index (χ4n) is 0.545. The Hall–Kier alpha value is -0.680. The number of anilines is 2. The second kappa shape index (κ2) is 2.94. The van der Waals surface area contributed by atoms with Gasteiger partial charge < -0.3 is 5.73 Å². The molecule has 10 heavy (non-hydrogen) atoms. The van der Waals surface area contributed by atoms with Gasteiger partial charge in [0.05, 0.1) is 5.69 Å². The van der Waals surface area contributed by atoms with Crippen LogP contribution < -0.4 is 10.0 Å². The van der Waals surface area contributed by atoms with Gasteiger partial charge in [-0.25, -0.2) is 4.31 Å². The van der Waals surface area contributed by atoms with Gasteiger partial charge in [0.1, 0.15) is 5.00 Å². The van der Waals surface area contributed by atoms with Crippen LogP contribution in [0.3, 0.4) is 0 Å². The number of nitrogens with zero attached hydrogens (tertiary/aromatic N) is 1. The summed E-state index contributed by atoms with van der Waals surface area (Å²) >= 11 is 5.23. The third kappa shape index (κ3) is 1.25. The SMILES string of the molecule is Nc1ccsc1N(S)C=O. The van der Waals surface area contributed by atoms with Crippen molar-refractivity contribution >= 4 is 41.3 Å². The predicted octanol–water partition coefficient (Wildman–Crippen LogP) is 1.14. The van der Waals surface area contributed by atoms with Crippen molar-refractivity contribution in [2.45, 2.75) is 0 Å². The number of rotatable bonds is 2. The van der Waals surface area contributed by atoms with Crippen molar-refractivity contribution in [3.63, 3.8) is 0 Å². The van der Waals surface area contributed by atoms with E-state index in [9.17, 15) is 4.79 Å². The highest BCUT2D eigenvalue weighted by Crippen LogP contribution is 2.29. The van der Waals surface area contributed by atoms with Crippen LogP contribution in [0.1, 0.15) is 0 Å². The smallest absolute Gasteiger partial charge is 0.224 e. The van der Waals surface area contributed by atoms with Crippen molar-refractivity contribution < 1.29 is 4.79 Å². The zero-order valence-electron chi connectivity index (χ0n) is 5.02. The Morgan fingerprint density at radius 3 is 2.90 bits per heavy atom. The molecule has 2 N–H and O–H groups in total. The number of hydrogen-bond acceptors (Lipinski definition) is 4. The third-order valence-electron chi connectivity index (χ3n) is 0.982. The van der Waals surface area contributed by atoms with Crippen LogP contribution in [0, 0.1) is 0 Å². The van der Waals surface area contributed by atoms with E-state index in [-0.39, 0.29) is 0 Å². The first-order chi connectivity index (χ1) is 4.75. The maximum absolute atomic E-state index is 10.2. The Morgan fingerprint density at radius 2 is 2.50 bits per heavy atom. The van der Waals surface area contributed by atoms with Crippen molar-refractivity contribution in [1.29, 1.82) is 0 Å². The average Bonchev–Trinajstić information content (AvgIpc) is 2.34. The number of hydrogen-bond donors (Lipinski definition) is 2. The maximum Gasteiger partial charge on any atom is 0.224 e. The molecule has 0 spiro atoms. The Bertz CT molecular complexity index is 235. The molecule has 54 valence electrons. The highest BCUT2D eigenvalue weighted by atomic mass is 32.1. The van der Waals surface area contributed by atoms with Gasteiger partial charge in [0.2, 0.25) is 6.41 Å². The number of amides is 1. The normalized spacial score (nSPS) is 9.30. The molecule has 0 aliphatic carbocycles. The summed E-state index contributed by atoms with van der Waals surface area (Å²) in [6.07, 6.45) is 0.602. The molecule has 1 rings (SSSR count). The van der Waals surface area contributed by atoms with Gasteiger partial charge in [0, 0.05) is 0 Å². The highest BCUT2D eigenvalue weighted by Gasteiger charge is 2.04. The van der Waals surface area contributed by atoms with E-state index in [1.54, 1.807) is 11.4 Å². The molecule has 0 radical (unpaired) electrons. The van der Waals surface area contributed by atoms with Gasteiger partial charge in [-0.3, -0.25) is 4.79 Å². The van der Waals surface area contributed by atoms with Crippen molar-refractivity contribution in [2.75, 3.05) is 10.0 Å². The van der Waals surface area contributed by atoms with Crippen LogP contribution >= 0.6 is 24.2 Å². The van der Waals surface area contributed by atoms with Gasteiger partial charge in [0.25, 0.3) is 0 Å². The summed E-state index contributed by atoms with van der Waals surface area (Å²) in [5, 5.41) is 2.47. The Labute approximate surface area is 68.0 Å². The summed E-state index contributed by atoms with van der Waals surface area (Å²) < 4.78 is 1.15. The molecule has 0 unspecified atom stereocenters. The van der Waals surface area contributed by atoms with Gasteiger partial charge in [0.15, 0.2) is 0 Å². The molecule has 0 fully saturated rings. The summed E-state index contributed by atoms with van der Waals surface area (Å²) in [5.74, 6) is 0. The Kier molecular flexibility index (Phi) is 2.18. The fourth-order valence-corrected chi connectivity index (χ4v) is 1.50. The number of thiol groups is 1. The Balaban J connectivity index is 2.92. The fraction of sp³-hybridized carbons (Fsp3) is 0. The number of nitrogens with two attached hydrogens (primary N) is 1. The van der Waals surface area contributed by atoms with Gasteiger partial charge in [-0.05, 0) is 11.4 Å². The van der Waals surface area contributed by atoms with Crippen molar-refractivity contribution in [1.82, 2.24) is 0 Å². The number of carbonyl (C=O) groups is 1. The van der Waals surface area contributed by atoms with E-state index in [0.717, 1.165) is 4.31 Å². The first kappa shape index (κ1) is 7.43. The van der Waals surface area contributed by atoms with Crippen LogP contribution in [-0.4, -0.2) is 6.41 Å². The summed E-state index contributed by atoms with van der Waals surface area (Å²) in [5.41, 5.74) is 6.05. The zero-order valence-corrected chi connectivity index (χ0v) is 6.73. The lowest BCUT2D eigenvalue weighted by molar-refractivity contribution is -0.106. The highest BCUT2D eigenvalue weighted by molar-refractivity contribution is 7.82. The van der Waals surface area contributed by atoms with E-state index in [0.29, 0.717) is 17.1 Å². The van der Waals surface area contributed by atoms with Crippen LogP contribution in [0.5, 0.6) is 0 Å². The van der Waals surface area contributed by atoms with E-state index in [1.165, 1.54) is 11.3 Å². The molecule has 3 nitrogen and oxygen atoms in total. The minimum Gasteiger partial charge on any atom is -0.396 e. The van der Waals surface area contributed by atoms with Crippen LogP contribution in [0.15, 0.2) is 11.4 Å². The van der Waals surface area contributed by atoms with Crippen LogP contribution in [0.2, 0.25) is 0 Å². The van der Waals surface area contributed by atoms with Crippen LogP contribution in [0.25, 0.3) is 0 Å². The molecule has 1 amide bonds. The Morgan fingerprint density at radius 1 is 1.80 bits per heavy atom. The molecule has 0 aliphatic rings. The molecule has 0 aromatic carbocycles. The topological polar surface area (TPSA) is 46.3 Å². The van der Waals surface area contributed by atoms with Gasteiger partial charge >= 0.3 is 0 Å². The van der Waals surface area contributed by atoms with Crippen molar-refractivity contribution in [3.05, 3.63) is 11.4 Å². The summed E-state index contributed by atoms with van der Waals surface area (Å²) in [6.45, 7) is 0. The summed E-state index contributed by atoms with van der Waals surface area (Å²) in [7, 11) is 0.